The molecule has 0 radical (unpaired) electrons. The Balaban J connectivity index is 1.68. The van der Waals surface area contributed by atoms with Crippen molar-refractivity contribution in [2.75, 3.05) is 5.32 Å². The van der Waals surface area contributed by atoms with Crippen LogP contribution in [0.15, 0.2) is 12.5 Å². The van der Waals surface area contributed by atoms with E-state index in [9.17, 15) is 0 Å². The number of nitrogens with zero attached hydrogens (tertiary/aromatic N) is 2. The van der Waals surface area contributed by atoms with Gasteiger partial charge in [0.15, 0.2) is 0 Å². The minimum absolute atomic E-state index is 0.536. The van der Waals surface area contributed by atoms with Crippen molar-refractivity contribution in [3.05, 3.63) is 16.1 Å². The fourth-order valence-electron chi connectivity index (χ4n) is 3.65. The van der Waals surface area contributed by atoms with Crippen molar-refractivity contribution < 1.29 is 0 Å². The fourth-order valence-corrected chi connectivity index (χ4v) is 4.10. The van der Waals surface area contributed by atoms with E-state index in [2.05, 4.69) is 44.8 Å². The lowest BCUT2D eigenvalue weighted by molar-refractivity contribution is 0.304. The van der Waals surface area contributed by atoms with Gasteiger partial charge in [-0.05, 0) is 66.5 Å². The lowest BCUT2D eigenvalue weighted by Crippen LogP contribution is -2.30. The van der Waals surface area contributed by atoms with E-state index in [-0.39, 0.29) is 0 Å². The van der Waals surface area contributed by atoms with Crippen LogP contribution in [0.5, 0.6) is 0 Å². The van der Waals surface area contributed by atoms with Gasteiger partial charge in [-0.1, -0.05) is 6.42 Å². The topological polar surface area (TPSA) is 37.8 Å². The van der Waals surface area contributed by atoms with Gasteiger partial charge >= 0.3 is 0 Å². The molecule has 2 aliphatic carbocycles. The van der Waals surface area contributed by atoms with Crippen LogP contribution in [-0.4, -0.2) is 16.0 Å². The first kappa shape index (κ1) is 11.7. The molecule has 0 spiro atoms. The molecule has 0 aromatic carbocycles. The molecule has 4 heteroatoms. The van der Waals surface area contributed by atoms with E-state index >= 15 is 0 Å². The largest absolute Gasteiger partial charge is 0.366 e. The highest BCUT2D eigenvalue weighted by molar-refractivity contribution is 14.1. The van der Waals surface area contributed by atoms with Gasteiger partial charge in [0.05, 0.1) is 3.57 Å². The highest BCUT2D eigenvalue weighted by Gasteiger charge is 2.41. The Kier molecular flexibility index (Phi) is 3.23. The number of halogens is 1. The first-order valence-corrected chi connectivity index (χ1v) is 7.54. The SMILES string of the molecule is CC(Nc1ncncc1I)C1CC2CCC1C2. The summed E-state index contributed by atoms with van der Waals surface area (Å²) in [4.78, 5) is 8.35. The summed E-state index contributed by atoms with van der Waals surface area (Å²) in [5, 5.41) is 3.58. The zero-order chi connectivity index (χ0) is 11.8. The number of nitrogens with one attached hydrogen (secondary N) is 1. The van der Waals surface area contributed by atoms with Crippen molar-refractivity contribution in [3.63, 3.8) is 0 Å². The van der Waals surface area contributed by atoms with E-state index in [4.69, 9.17) is 0 Å². The molecule has 2 bridgehead atoms. The molecule has 1 N–H and O–H groups in total. The molecule has 4 atom stereocenters. The van der Waals surface area contributed by atoms with Crippen LogP contribution in [0.2, 0.25) is 0 Å². The molecular weight excluding hydrogens is 325 g/mol. The lowest BCUT2D eigenvalue weighted by Gasteiger charge is -2.29. The third-order valence-electron chi connectivity index (χ3n) is 4.47. The first-order chi connectivity index (χ1) is 8.24. The molecule has 2 saturated carbocycles. The average Bonchev–Trinajstić information content (AvgIpc) is 2.94. The van der Waals surface area contributed by atoms with Crippen LogP contribution in [0.3, 0.4) is 0 Å². The Morgan fingerprint density at radius 3 is 2.94 bits per heavy atom. The Bertz CT molecular complexity index is 409. The number of anilines is 1. The third-order valence-corrected chi connectivity index (χ3v) is 5.26. The van der Waals surface area contributed by atoms with Crippen LogP contribution >= 0.6 is 22.6 Å². The fraction of sp³-hybridized carbons (Fsp3) is 0.692. The number of hydrogen-bond acceptors (Lipinski definition) is 3. The number of aromatic nitrogens is 2. The first-order valence-electron chi connectivity index (χ1n) is 6.46. The summed E-state index contributed by atoms with van der Waals surface area (Å²) in [5.74, 6) is 3.82. The van der Waals surface area contributed by atoms with Gasteiger partial charge in [0.25, 0.3) is 0 Å². The number of fused-ring (bicyclic) bond motifs is 2. The van der Waals surface area contributed by atoms with Crippen LogP contribution < -0.4 is 5.32 Å². The quantitative estimate of drug-likeness (QED) is 0.856. The van der Waals surface area contributed by atoms with Gasteiger partial charge in [-0.15, -0.1) is 0 Å². The smallest absolute Gasteiger partial charge is 0.143 e. The van der Waals surface area contributed by atoms with Crippen molar-refractivity contribution in [1.29, 1.82) is 0 Å². The van der Waals surface area contributed by atoms with Gasteiger partial charge in [0, 0.05) is 12.2 Å². The van der Waals surface area contributed by atoms with E-state index < -0.39 is 0 Å². The Morgan fingerprint density at radius 2 is 2.29 bits per heavy atom. The summed E-state index contributed by atoms with van der Waals surface area (Å²) < 4.78 is 1.11. The highest BCUT2D eigenvalue weighted by Crippen LogP contribution is 2.49. The molecule has 4 unspecified atom stereocenters. The summed E-state index contributed by atoms with van der Waals surface area (Å²) in [6.45, 7) is 2.31. The molecule has 2 fully saturated rings. The van der Waals surface area contributed by atoms with Gasteiger partial charge in [-0.25, -0.2) is 9.97 Å². The van der Waals surface area contributed by atoms with Crippen LogP contribution in [0, 0.1) is 21.3 Å². The van der Waals surface area contributed by atoms with Gasteiger partial charge in [-0.2, -0.15) is 0 Å². The summed E-state index contributed by atoms with van der Waals surface area (Å²) in [6.07, 6.45) is 9.29. The molecule has 1 aromatic heterocycles. The second-order valence-corrected chi connectivity index (χ2v) is 6.65. The molecule has 3 rings (SSSR count). The molecule has 17 heavy (non-hydrogen) atoms. The van der Waals surface area contributed by atoms with Gasteiger partial charge < -0.3 is 5.32 Å². The second-order valence-electron chi connectivity index (χ2n) is 5.49. The van der Waals surface area contributed by atoms with Crippen LogP contribution in [0.1, 0.15) is 32.6 Å². The summed E-state index contributed by atoms with van der Waals surface area (Å²) >= 11 is 2.29. The van der Waals surface area contributed by atoms with Crippen molar-refractivity contribution in [2.24, 2.45) is 17.8 Å². The Labute approximate surface area is 116 Å². The van der Waals surface area contributed by atoms with Gasteiger partial charge in [0.1, 0.15) is 12.1 Å². The van der Waals surface area contributed by atoms with Crippen LogP contribution in [0.4, 0.5) is 5.82 Å². The Hall–Kier alpha value is -0.390. The maximum absolute atomic E-state index is 4.32. The van der Waals surface area contributed by atoms with E-state index in [0.717, 1.165) is 27.1 Å². The van der Waals surface area contributed by atoms with Crippen LogP contribution in [0.25, 0.3) is 0 Å². The highest BCUT2D eigenvalue weighted by atomic mass is 127. The third kappa shape index (κ3) is 2.28. The van der Waals surface area contributed by atoms with Crippen molar-refractivity contribution in [3.8, 4) is 0 Å². The van der Waals surface area contributed by atoms with Crippen molar-refractivity contribution >= 4 is 28.4 Å². The average molecular weight is 343 g/mol. The predicted molar refractivity (Wildman–Crippen MR) is 76.8 cm³/mol. The molecular formula is C13H18IN3. The van der Waals surface area contributed by atoms with E-state index in [0.29, 0.717) is 6.04 Å². The molecule has 3 nitrogen and oxygen atoms in total. The summed E-state index contributed by atoms with van der Waals surface area (Å²) in [7, 11) is 0. The molecule has 0 saturated heterocycles. The normalized spacial score (nSPS) is 32.7. The summed E-state index contributed by atoms with van der Waals surface area (Å²) in [6, 6.07) is 0.536. The van der Waals surface area contributed by atoms with Crippen molar-refractivity contribution in [1.82, 2.24) is 9.97 Å². The zero-order valence-corrected chi connectivity index (χ0v) is 12.2. The van der Waals surface area contributed by atoms with E-state index in [1.54, 1.807) is 6.33 Å². The number of rotatable bonds is 3. The molecule has 0 amide bonds. The van der Waals surface area contributed by atoms with E-state index in [1.165, 1.54) is 25.7 Å². The van der Waals surface area contributed by atoms with Crippen LogP contribution in [-0.2, 0) is 0 Å². The standard InChI is InChI=1S/C13H18IN3/c1-8(11-5-9-2-3-10(11)4-9)17-13-12(14)6-15-7-16-13/h6-11H,2-5H2,1H3,(H,15,16,17). The minimum Gasteiger partial charge on any atom is -0.366 e. The molecule has 1 aromatic rings. The maximum Gasteiger partial charge on any atom is 0.143 e. The van der Waals surface area contributed by atoms with Crippen molar-refractivity contribution in [2.45, 2.75) is 38.6 Å². The summed E-state index contributed by atoms with van der Waals surface area (Å²) in [5.41, 5.74) is 0. The molecule has 92 valence electrons. The number of hydrogen-bond donors (Lipinski definition) is 1. The zero-order valence-electron chi connectivity index (χ0n) is 10.1. The predicted octanol–water partition coefficient (Wildman–Crippen LogP) is 3.32. The maximum atomic E-state index is 4.32. The monoisotopic (exact) mass is 343 g/mol. The molecule has 1 heterocycles. The minimum atomic E-state index is 0.536. The molecule has 0 aliphatic heterocycles. The molecule has 2 aliphatic rings. The van der Waals surface area contributed by atoms with E-state index in [1.807, 2.05) is 6.20 Å². The van der Waals surface area contributed by atoms with Gasteiger partial charge in [0.2, 0.25) is 0 Å². The lowest BCUT2D eigenvalue weighted by atomic mass is 9.84. The second kappa shape index (κ2) is 4.71. The Morgan fingerprint density at radius 1 is 1.41 bits per heavy atom. The van der Waals surface area contributed by atoms with Gasteiger partial charge in [-0.3, -0.25) is 0 Å².